The van der Waals surface area contributed by atoms with Crippen molar-refractivity contribution in [2.24, 2.45) is 0 Å². The van der Waals surface area contributed by atoms with Crippen LogP contribution in [0.4, 0.5) is 5.69 Å². The van der Waals surface area contributed by atoms with Crippen LogP contribution in [0, 0.1) is 25.2 Å². The molecule has 1 heterocycles. The Morgan fingerprint density at radius 2 is 2.17 bits per heavy atom. The van der Waals surface area contributed by atoms with Gasteiger partial charge in [0.05, 0.1) is 5.25 Å². The van der Waals surface area contributed by atoms with E-state index in [0.717, 1.165) is 11.1 Å². The van der Waals surface area contributed by atoms with Crippen molar-refractivity contribution >= 4 is 29.3 Å². The molecule has 1 unspecified atom stereocenters. The third kappa shape index (κ3) is 3.36. The zero-order valence-electron chi connectivity index (χ0n) is 13.9. The fraction of sp³-hybridized carbons (Fsp3) is 0.278. The quantitative estimate of drug-likeness (QED) is 0.519. The molecule has 1 N–H and O–H groups in total. The van der Waals surface area contributed by atoms with Crippen LogP contribution < -0.4 is 10.2 Å². The Morgan fingerprint density at radius 1 is 1.46 bits per heavy atom. The zero-order chi connectivity index (χ0) is 17.9. The first-order valence-corrected chi connectivity index (χ1v) is 8.40. The minimum atomic E-state index is -0.504. The Morgan fingerprint density at radius 3 is 2.75 bits per heavy atom. The Labute approximate surface area is 146 Å². The maximum absolute atomic E-state index is 12.6. The number of anilines is 1. The Balaban J connectivity index is 2.53. The smallest absolute Gasteiger partial charge is 0.264 e. The third-order valence-electron chi connectivity index (χ3n) is 3.77. The third-order valence-corrected chi connectivity index (χ3v) is 4.93. The van der Waals surface area contributed by atoms with Crippen molar-refractivity contribution < 1.29 is 9.59 Å². The Kier molecular flexibility index (Phi) is 5.47. The van der Waals surface area contributed by atoms with Crippen molar-refractivity contribution in [3.63, 3.8) is 0 Å². The number of hydrogen-bond acceptors (Lipinski definition) is 4. The van der Waals surface area contributed by atoms with Gasteiger partial charge in [-0.25, -0.2) is 0 Å². The van der Waals surface area contributed by atoms with Crippen LogP contribution in [0.5, 0.6) is 0 Å². The molecule has 2 rings (SSSR count). The van der Waals surface area contributed by atoms with E-state index in [1.165, 1.54) is 22.7 Å². The molecule has 2 amide bonds. The second-order valence-corrected chi connectivity index (χ2v) is 6.82. The summed E-state index contributed by atoms with van der Waals surface area (Å²) < 4.78 is 0. The summed E-state index contributed by atoms with van der Waals surface area (Å²) in [5.41, 5.74) is 2.76. The molecule has 0 radical (unpaired) electrons. The van der Waals surface area contributed by atoms with Crippen molar-refractivity contribution in [3.8, 4) is 6.07 Å². The number of thioether (sulfide) groups is 1. The molecule has 1 aromatic rings. The van der Waals surface area contributed by atoms with Gasteiger partial charge in [0.1, 0.15) is 16.7 Å². The van der Waals surface area contributed by atoms with Gasteiger partial charge in [0.25, 0.3) is 5.91 Å². The number of rotatable bonds is 4. The summed E-state index contributed by atoms with van der Waals surface area (Å²) in [4.78, 5) is 26.3. The lowest BCUT2D eigenvalue weighted by Crippen LogP contribution is -2.31. The molecule has 1 saturated heterocycles. The molecule has 1 aliphatic heterocycles. The molecular weight excluding hydrogens is 322 g/mol. The number of aryl methyl sites for hydroxylation is 2. The molecule has 5 nitrogen and oxygen atoms in total. The summed E-state index contributed by atoms with van der Waals surface area (Å²) >= 11 is 1.23. The molecule has 0 aromatic heterocycles. The minimum absolute atomic E-state index is 0.0576. The van der Waals surface area contributed by atoms with Crippen molar-refractivity contribution in [2.75, 3.05) is 11.4 Å². The molecule has 1 aromatic carbocycles. The predicted octanol–water partition coefficient (Wildman–Crippen LogP) is 2.81. The summed E-state index contributed by atoms with van der Waals surface area (Å²) in [6.07, 6.45) is 1.54. The largest absolute Gasteiger partial charge is 0.348 e. The van der Waals surface area contributed by atoms with Gasteiger partial charge < -0.3 is 5.32 Å². The molecule has 0 aliphatic carbocycles. The molecule has 0 saturated carbocycles. The molecule has 1 fully saturated rings. The number of nitrogens with one attached hydrogen (secondary N) is 1. The standard InChI is InChI=1S/C18H19N3O2S/c1-5-8-20-16(22)15(10-19)18-21(17(23)13(4)24-18)14-7-6-11(2)12(3)9-14/h5-7,9,13H,1,8H2,2-4H3,(H,20,22)/b18-15-. The lowest BCUT2D eigenvalue weighted by atomic mass is 10.1. The highest BCUT2D eigenvalue weighted by Gasteiger charge is 2.38. The van der Waals surface area contributed by atoms with Gasteiger partial charge in [-0.05, 0) is 44.0 Å². The maximum Gasteiger partial charge on any atom is 0.264 e. The van der Waals surface area contributed by atoms with Gasteiger partial charge in [-0.3, -0.25) is 14.5 Å². The second-order valence-electron chi connectivity index (χ2n) is 5.49. The molecule has 0 bridgehead atoms. The van der Waals surface area contributed by atoms with Crippen LogP contribution in [0.25, 0.3) is 0 Å². The van der Waals surface area contributed by atoms with Crippen LogP contribution in [0.1, 0.15) is 18.1 Å². The molecule has 1 atom stereocenters. The number of benzene rings is 1. The molecule has 24 heavy (non-hydrogen) atoms. The van der Waals surface area contributed by atoms with E-state index in [1.807, 2.05) is 38.1 Å². The van der Waals surface area contributed by atoms with Gasteiger partial charge in [-0.15, -0.1) is 6.58 Å². The first-order valence-electron chi connectivity index (χ1n) is 7.52. The van der Waals surface area contributed by atoms with Crippen LogP contribution >= 0.6 is 11.8 Å². The summed E-state index contributed by atoms with van der Waals surface area (Å²) in [5, 5.41) is 12.1. The minimum Gasteiger partial charge on any atom is -0.348 e. The Hall–Kier alpha value is -2.52. The number of hydrogen-bond donors (Lipinski definition) is 1. The van der Waals surface area contributed by atoms with Crippen LogP contribution in [0.15, 0.2) is 41.5 Å². The van der Waals surface area contributed by atoms with E-state index in [-0.39, 0.29) is 23.3 Å². The summed E-state index contributed by atoms with van der Waals surface area (Å²) in [5.74, 6) is -0.641. The van der Waals surface area contributed by atoms with E-state index in [1.54, 1.807) is 6.92 Å². The zero-order valence-corrected chi connectivity index (χ0v) is 14.7. The monoisotopic (exact) mass is 341 g/mol. The molecule has 124 valence electrons. The number of nitriles is 1. The van der Waals surface area contributed by atoms with Crippen LogP contribution in [0.3, 0.4) is 0 Å². The van der Waals surface area contributed by atoms with Crippen LogP contribution in [0.2, 0.25) is 0 Å². The first kappa shape index (κ1) is 17.8. The van der Waals surface area contributed by atoms with Gasteiger partial charge >= 0.3 is 0 Å². The van der Waals surface area contributed by atoms with E-state index in [2.05, 4.69) is 11.9 Å². The highest BCUT2D eigenvalue weighted by atomic mass is 32.2. The molecule has 0 spiro atoms. The van der Waals surface area contributed by atoms with E-state index in [0.29, 0.717) is 10.7 Å². The lowest BCUT2D eigenvalue weighted by Gasteiger charge is -2.19. The predicted molar refractivity (Wildman–Crippen MR) is 96.3 cm³/mol. The first-order chi connectivity index (χ1) is 11.4. The van der Waals surface area contributed by atoms with E-state index in [4.69, 9.17) is 0 Å². The maximum atomic E-state index is 12.6. The summed E-state index contributed by atoms with van der Waals surface area (Å²) in [6.45, 7) is 9.51. The average Bonchev–Trinajstić information content (AvgIpc) is 2.84. The van der Waals surface area contributed by atoms with Crippen molar-refractivity contribution in [3.05, 3.63) is 52.6 Å². The topological polar surface area (TPSA) is 73.2 Å². The number of nitrogens with zero attached hydrogens (tertiary/aromatic N) is 2. The second kappa shape index (κ2) is 7.37. The van der Waals surface area contributed by atoms with Gasteiger partial charge in [0.15, 0.2) is 0 Å². The normalized spacial score (nSPS) is 19.0. The van der Waals surface area contributed by atoms with Crippen molar-refractivity contribution in [1.82, 2.24) is 5.32 Å². The van der Waals surface area contributed by atoms with E-state index in [9.17, 15) is 14.9 Å². The SMILES string of the molecule is C=CCNC(=O)/C(C#N)=C1\SC(C)C(=O)N1c1ccc(C)c(C)c1. The molecular formula is C18H19N3O2S. The number of carbonyl (C=O) groups excluding carboxylic acids is 2. The van der Waals surface area contributed by atoms with E-state index >= 15 is 0 Å². The number of carbonyl (C=O) groups is 2. The lowest BCUT2D eigenvalue weighted by molar-refractivity contribution is -0.117. The summed E-state index contributed by atoms with van der Waals surface area (Å²) in [6, 6.07) is 7.58. The van der Waals surface area contributed by atoms with Crippen LogP contribution in [-0.4, -0.2) is 23.6 Å². The Bertz CT molecular complexity index is 777. The van der Waals surface area contributed by atoms with Gasteiger partial charge in [0.2, 0.25) is 5.91 Å². The van der Waals surface area contributed by atoms with Gasteiger partial charge in [-0.2, -0.15) is 5.26 Å². The van der Waals surface area contributed by atoms with E-state index < -0.39 is 5.91 Å². The van der Waals surface area contributed by atoms with Crippen molar-refractivity contribution in [1.29, 1.82) is 5.26 Å². The highest BCUT2D eigenvalue weighted by Crippen LogP contribution is 2.40. The van der Waals surface area contributed by atoms with Gasteiger partial charge in [-0.1, -0.05) is 23.9 Å². The van der Waals surface area contributed by atoms with Crippen molar-refractivity contribution in [2.45, 2.75) is 26.0 Å². The number of amides is 2. The van der Waals surface area contributed by atoms with Crippen LogP contribution in [-0.2, 0) is 9.59 Å². The fourth-order valence-electron chi connectivity index (χ4n) is 2.28. The molecule has 1 aliphatic rings. The van der Waals surface area contributed by atoms with Gasteiger partial charge in [0, 0.05) is 12.2 Å². The highest BCUT2D eigenvalue weighted by molar-refractivity contribution is 8.05. The molecule has 6 heteroatoms. The average molecular weight is 341 g/mol. The fourth-order valence-corrected chi connectivity index (χ4v) is 3.38. The summed E-state index contributed by atoms with van der Waals surface area (Å²) in [7, 11) is 0.